The fourth-order valence-electron chi connectivity index (χ4n) is 6.18. The van der Waals surface area contributed by atoms with E-state index in [9.17, 15) is 9.18 Å². The van der Waals surface area contributed by atoms with Crippen molar-refractivity contribution in [3.05, 3.63) is 48.1 Å². The lowest BCUT2D eigenvalue weighted by molar-refractivity contribution is -0.0404. The van der Waals surface area contributed by atoms with E-state index in [-0.39, 0.29) is 36.0 Å². The third kappa shape index (κ3) is 4.33. The molecule has 0 saturated carbocycles. The van der Waals surface area contributed by atoms with Crippen LogP contribution in [0.15, 0.2) is 30.9 Å². The Labute approximate surface area is 220 Å². The Hall–Kier alpha value is -3.76. The molecule has 4 aliphatic rings. The highest BCUT2D eigenvalue weighted by Crippen LogP contribution is 2.47. The van der Waals surface area contributed by atoms with Crippen LogP contribution in [0.1, 0.15) is 57.8 Å². The maximum absolute atomic E-state index is 15.0. The number of hydrogen-bond donors (Lipinski definition) is 0. The molecule has 0 N–H and O–H groups in total. The number of carbonyl (C=O) groups is 1. The molecule has 2 aromatic heterocycles. The number of piperidine rings is 4. The number of benzene rings is 1. The van der Waals surface area contributed by atoms with Crippen molar-refractivity contribution in [1.82, 2.24) is 29.6 Å². The first-order valence-electron chi connectivity index (χ1n) is 13.0. The zero-order chi connectivity index (χ0) is 26.8. The van der Waals surface area contributed by atoms with Gasteiger partial charge in [-0.25, -0.2) is 28.8 Å². The first-order chi connectivity index (χ1) is 18.1. The summed E-state index contributed by atoms with van der Waals surface area (Å²) in [4.78, 5) is 30.3. The zero-order valence-corrected chi connectivity index (χ0v) is 22.3. The molecule has 7 rings (SSSR count). The fourth-order valence-corrected chi connectivity index (χ4v) is 6.18. The van der Waals surface area contributed by atoms with Gasteiger partial charge < -0.3 is 19.3 Å². The molecule has 10 nitrogen and oxygen atoms in total. The van der Waals surface area contributed by atoms with E-state index < -0.39 is 11.4 Å². The number of amides is 1. The van der Waals surface area contributed by atoms with Crippen LogP contribution in [-0.2, 0) is 4.74 Å². The van der Waals surface area contributed by atoms with Crippen LogP contribution >= 0.6 is 0 Å². The lowest BCUT2D eigenvalue weighted by Crippen LogP contribution is -2.70. The lowest BCUT2D eigenvalue weighted by atomic mass is 9.73. The molecule has 4 aliphatic heterocycles. The molecule has 0 atom stereocenters. The Kier molecular flexibility index (Phi) is 5.77. The molecule has 0 radical (unpaired) electrons. The molecule has 1 aromatic carbocycles. The third-order valence-electron chi connectivity index (χ3n) is 7.60. The van der Waals surface area contributed by atoms with Crippen LogP contribution in [0.25, 0.3) is 5.69 Å². The molecule has 0 spiro atoms. The van der Waals surface area contributed by atoms with Crippen LogP contribution in [0.2, 0.25) is 0 Å². The Morgan fingerprint density at radius 2 is 1.68 bits per heavy atom. The van der Waals surface area contributed by atoms with Crippen molar-refractivity contribution in [2.45, 2.75) is 90.1 Å². The van der Waals surface area contributed by atoms with Crippen LogP contribution in [-0.4, -0.2) is 65.5 Å². The van der Waals surface area contributed by atoms with Gasteiger partial charge in [0.1, 0.15) is 29.9 Å². The maximum Gasteiger partial charge on any atom is 0.410 e. The molecule has 0 unspecified atom stereocenters. The molecular weight excluding hydrogens is 489 g/mol. The third-order valence-corrected chi connectivity index (χ3v) is 7.60. The predicted molar refractivity (Wildman–Crippen MR) is 137 cm³/mol. The van der Waals surface area contributed by atoms with E-state index in [1.807, 2.05) is 32.6 Å². The van der Waals surface area contributed by atoms with Crippen molar-refractivity contribution in [1.29, 1.82) is 0 Å². The summed E-state index contributed by atoms with van der Waals surface area (Å²) in [5.41, 5.74) is 0.802. The predicted octanol–water partition coefficient (Wildman–Crippen LogP) is 4.72. The average molecular weight is 522 g/mol. The summed E-state index contributed by atoms with van der Waals surface area (Å²) in [5.74, 6) is 1.29. The number of ether oxygens (including phenoxy) is 2. The number of carbonyl (C=O) groups excluding carboxylic acids is 1. The summed E-state index contributed by atoms with van der Waals surface area (Å²) in [6.07, 6.45) is 6.26. The van der Waals surface area contributed by atoms with E-state index in [0.29, 0.717) is 17.4 Å². The maximum atomic E-state index is 15.0. The quantitative estimate of drug-likeness (QED) is 0.486. The van der Waals surface area contributed by atoms with Crippen LogP contribution < -0.4 is 9.64 Å². The molecule has 200 valence electrons. The molecule has 38 heavy (non-hydrogen) atoms. The Morgan fingerprint density at radius 1 is 1.00 bits per heavy atom. The Balaban J connectivity index is 1.21. The van der Waals surface area contributed by atoms with Crippen molar-refractivity contribution < 1.29 is 18.7 Å². The number of anilines is 1. The first kappa shape index (κ1) is 24.6. The SMILES string of the molecule is Cc1ncn(-c2ccc(Oc3ncnc(N4C5CC6CC4CC(C5)N6C(=O)OC(C)(C)C)c3C)c(F)c2)n1. The van der Waals surface area contributed by atoms with E-state index in [2.05, 4.69) is 25.0 Å². The summed E-state index contributed by atoms with van der Waals surface area (Å²) in [5, 5.41) is 4.22. The van der Waals surface area contributed by atoms with Gasteiger partial charge in [0.2, 0.25) is 5.88 Å². The molecule has 3 aromatic rings. The van der Waals surface area contributed by atoms with Crippen molar-refractivity contribution in [3.8, 4) is 17.3 Å². The van der Waals surface area contributed by atoms with Crippen molar-refractivity contribution in [3.63, 3.8) is 0 Å². The molecule has 4 bridgehead atoms. The second kappa shape index (κ2) is 8.92. The summed E-state index contributed by atoms with van der Waals surface area (Å²) < 4.78 is 28.1. The van der Waals surface area contributed by atoms with Gasteiger partial charge in [-0.15, -0.1) is 0 Å². The van der Waals surface area contributed by atoms with Crippen LogP contribution in [0.4, 0.5) is 15.0 Å². The van der Waals surface area contributed by atoms with Crippen molar-refractivity contribution in [2.24, 2.45) is 0 Å². The van der Waals surface area contributed by atoms with Crippen LogP contribution in [0.3, 0.4) is 0 Å². The highest BCUT2D eigenvalue weighted by molar-refractivity contribution is 5.70. The Bertz CT molecular complexity index is 1360. The largest absolute Gasteiger partial charge is 0.444 e. The van der Waals surface area contributed by atoms with Gasteiger partial charge in [0.25, 0.3) is 0 Å². The molecule has 4 fully saturated rings. The summed E-state index contributed by atoms with van der Waals surface area (Å²) in [6, 6.07) is 5.52. The lowest BCUT2D eigenvalue weighted by Gasteiger charge is -2.61. The number of nitrogens with zero attached hydrogens (tertiary/aromatic N) is 7. The number of aryl methyl sites for hydroxylation is 1. The summed E-state index contributed by atoms with van der Waals surface area (Å²) >= 11 is 0. The van der Waals surface area contributed by atoms with Crippen LogP contribution in [0.5, 0.6) is 11.6 Å². The minimum absolute atomic E-state index is 0.0754. The van der Waals surface area contributed by atoms with Gasteiger partial charge in [-0.2, -0.15) is 5.10 Å². The number of halogens is 1. The molecule has 6 heterocycles. The molecule has 0 aliphatic carbocycles. The topological polar surface area (TPSA) is 98.5 Å². The van der Waals surface area contributed by atoms with Gasteiger partial charge in [0, 0.05) is 30.2 Å². The number of hydrogen-bond acceptors (Lipinski definition) is 8. The monoisotopic (exact) mass is 521 g/mol. The van der Waals surface area contributed by atoms with Gasteiger partial charge in [-0.05, 0) is 72.4 Å². The van der Waals surface area contributed by atoms with E-state index >= 15 is 0 Å². The van der Waals surface area contributed by atoms with Gasteiger partial charge >= 0.3 is 6.09 Å². The zero-order valence-electron chi connectivity index (χ0n) is 22.3. The normalized spacial score (nSPS) is 24.2. The smallest absolute Gasteiger partial charge is 0.410 e. The summed E-state index contributed by atoms with van der Waals surface area (Å²) in [7, 11) is 0. The summed E-state index contributed by atoms with van der Waals surface area (Å²) in [6.45, 7) is 9.39. The van der Waals surface area contributed by atoms with Crippen molar-refractivity contribution >= 4 is 11.9 Å². The molecule has 4 saturated heterocycles. The van der Waals surface area contributed by atoms with E-state index in [1.165, 1.54) is 23.4 Å². The van der Waals surface area contributed by atoms with Gasteiger partial charge in [-0.3, -0.25) is 0 Å². The molecule has 11 heteroatoms. The fraction of sp³-hybridized carbons (Fsp3) is 0.519. The van der Waals surface area contributed by atoms with E-state index in [0.717, 1.165) is 37.1 Å². The van der Waals surface area contributed by atoms with Gasteiger partial charge in [0.15, 0.2) is 11.6 Å². The van der Waals surface area contributed by atoms with Gasteiger partial charge in [-0.1, -0.05) is 0 Å². The average Bonchev–Trinajstić information content (AvgIpc) is 3.27. The van der Waals surface area contributed by atoms with E-state index in [4.69, 9.17) is 9.47 Å². The molecule has 1 amide bonds. The number of rotatable bonds is 4. The van der Waals surface area contributed by atoms with Gasteiger partial charge in [0.05, 0.1) is 11.3 Å². The van der Waals surface area contributed by atoms with Crippen molar-refractivity contribution in [2.75, 3.05) is 4.90 Å². The minimum Gasteiger partial charge on any atom is -0.444 e. The first-order valence-corrected chi connectivity index (χ1v) is 13.0. The highest BCUT2D eigenvalue weighted by Gasteiger charge is 2.53. The highest BCUT2D eigenvalue weighted by atomic mass is 19.1. The standard InChI is InChI=1S/C27H32FN7O3/c1-15-24(34-18-8-20-10-19(34)11-21(9-18)35(20)26(36)38-27(3,4)5)29-13-30-25(15)37-23-7-6-17(12-22(23)28)33-14-31-16(2)32-33/h6-7,12-14,18-21H,8-11H2,1-5H3. The van der Waals surface area contributed by atoms with E-state index in [1.54, 1.807) is 19.1 Å². The Morgan fingerprint density at radius 3 is 2.26 bits per heavy atom. The number of aromatic nitrogens is 5. The minimum atomic E-state index is -0.521. The van der Waals surface area contributed by atoms with Crippen LogP contribution in [0, 0.1) is 19.7 Å². The second-order valence-corrected chi connectivity index (χ2v) is 11.4. The molecular formula is C27H32FN7O3. The second-order valence-electron chi connectivity index (χ2n) is 11.4.